The van der Waals surface area contributed by atoms with Crippen molar-refractivity contribution in [3.8, 4) is 0 Å². The number of hydrogen-bond acceptors (Lipinski definition) is 5. The molecule has 0 spiro atoms. The Balaban J connectivity index is 2.10. The molecule has 0 saturated carbocycles. The summed E-state index contributed by atoms with van der Waals surface area (Å²) in [5.41, 5.74) is 6.32. The van der Waals surface area contributed by atoms with Crippen molar-refractivity contribution in [3.05, 3.63) is 24.3 Å². The van der Waals surface area contributed by atoms with Crippen LogP contribution in [0.2, 0.25) is 0 Å². The van der Waals surface area contributed by atoms with Gasteiger partial charge >= 0.3 is 0 Å². The first-order valence-electron chi connectivity index (χ1n) is 4.35. The summed E-state index contributed by atoms with van der Waals surface area (Å²) >= 11 is 3.40. The number of hydrogen-bond donors (Lipinski definition) is 1. The fraction of sp³-hybridized carbons (Fsp3) is 0.250. The molecule has 2 heterocycles. The maximum absolute atomic E-state index is 5.72. The van der Waals surface area contributed by atoms with Crippen molar-refractivity contribution in [2.24, 2.45) is 15.9 Å². The van der Waals surface area contributed by atoms with Gasteiger partial charge in [-0.2, -0.15) is 0 Å². The molecule has 1 aliphatic rings. The predicted octanol–water partition coefficient (Wildman–Crippen LogP) is 0.352. The number of H-pyrrole nitrogens is 1. The van der Waals surface area contributed by atoms with Crippen LogP contribution in [0.4, 0.5) is 0 Å². The van der Waals surface area contributed by atoms with Crippen LogP contribution in [-0.2, 0) is 0 Å². The lowest BCUT2D eigenvalue weighted by Gasteiger charge is -1.93. The molecular formula is C8H10N5S2+. The maximum Gasteiger partial charge on any atom is 0.196 e. The molecule has 1 fully saturated rings. The van der Waals surface area contributed by atoms with E-state index in [0.717, 1.165) is 15.9 Å². The number of aromatic nitrogens is 2. The van der Waals surface area contributed by atoms with Crippen molar-refractivity contribution in [1.82, 2.24) is 4.98 Å². The summed E-state index contributed by atoms with van der Waals surface area (Å²) in [6, 6.07) is 0. The third-order valence-corrected chi connectivity index (χ3v) is 4.08. The molecule has 0 amide bonds. The van der Waals surface area contributed by atoms with Crippen molar-refractivity contribution in [2.45, 2.75) is 0 Å². The Bertz CT molecular complexity index is 381. The quantitative estimate of drug-likeness (QED) is 0.460. The minimum atomic E-state index is 0.326. The Kier molecular flexibility index (Phi) is 3.57. The normalized spacial score (nSPS) is 16.8. The number of nitrogens with two attached hydrogens (primary N) is 1. The van der Waals surface area contributed by atoms with E-state index in [9.17, 15) is 0 Å². The first-order chi connectivity index (χ1) is 7.36. The smallest absolute Gasteiger partial charge is 0.196 e. The Morgan fingerprint density at radius 2 is 2.27 bits per heavy atom. The van der Waals surface area contributed by atoms with Crippen LogP contribution in [0.25, 0.3) is 0 Å². The van der Waals surface area contributed by atoms with E-state index >= 15 is 0 Å². The van der Waals surface area contributed by atoms with Crippen LogP contribution in [0, 0.1) is 0 Å². The SMILES string of the molecule is NC(=NN=C1SCCS1)c1c[nH+]ccn1. The van der Waals surface area contributed by atoms with E-state index in [0.29, 0.717) is 11.5 Å². The van der Waals surface area contributed by atoms with Gasteiger partial charge in [-0.25, -0.2) is 9.97 Å². The summed E-state index contributed by atoms with van der Waals surface area (Å²) in [5.74, 6) is 2.51. The summed E-state index contributed by atoms with van der Waals surface area (Å²) in [4.78, 5) is 6.94. The average Bonchev–Trinajstić information content (AvgIpc) is 2.80. The Hall–Kier alpha value is -1.08. The minimum Gasteiger partial charge on any atom is -0.380 e. The highest BCUT2D eigenvalue weighted by Crippen LogP contribution is 2.25. The van der Waals surface area contributed by atoms with Crippen LogP contribution in [0.15, 0.2) is 28.8 Å². The molecule has 1 aromatic rings. The zero-order chi connectivity index (χ0) is 10.5. The van der Waals surface area contributed by atoms with Crippen molar-refractivity contribution in [1.29, 1.82) is 0 Å². The Labute approximate surface area is 95.7 Å². The number of amidine groups is 1. The standard InChI is InChI=1S/C8H9N5S2/c9-7(6-5-10-1-2-11-6)12-13-8-14-3-4-15-8/h1-2,5H,3-4H2,(H2,9,12)/p+1. The van der Waals surface area contributed by atoms with Gasteiger partial charge in [-0.05, 0) is 0 Å². The molecule has 1 aliphatic heterocycles. The molecule has 5 nitrogen and oxygen atoms in total. The molecule has 1 aromatic heterocycles. The lowest BCUT2D eigenvalue weighted by atomic mass is 10.4. The third-order valence-electron chi connectivity index (χ3n) is 1.64. The van der Waals surface area contributed by atoms with Crippen molar-refractivity contribution >= 4 is 33.7 Å². The fourth-order valence-corrected chi connectivity index (χ4v) is 3.01. The summed E-state index contributed by atoms with van der Waals surface area (Å²) in [6.45, 7) is 0. The van der Waals surface area contributed by atoms with E-state index in [4.69, 9.17) is 5.73 Å². The Morgan fingerprint density at radius 3 is 2.93 bits per heavy atom. The first-order valence-corrected chi connectivity index (χ1v) is 6.32. The van der Waals surface area contributed by atoms with Crippen LogP contribution in [-0.4, -0.2) is 26.7 Å². The number of nitrogens with zero attached hydrogens (tertiary/aromatic N) is 3. The predicted molar refractivity (Wildman–Crippen MR) is 63.9 cm³/mol. The van der Waals surface area contributed by atoms with Gasteiger partial charge in [-0.1, -0.05) is 23.5 Å². The van der Waals surface area contributed by atoms with Crippen LogP contribution in [0.3, 0.4) is 0 Å². The molecule has 78 valence electrons. The lowest BCUT2D eigenvalue weighted by molar-refractivity contribution is -0.379. The van der Waals surface area contributed by atoms with Crippen LogP contribution in [0.1, 0.15) is 5.69 Å². The molecule has 0 aromatic carbocycles. The Morgan fingerprint density at radius 1 is 1.47 bits per heavy atom. The molecule has 2 rings (SSSR count). The molecule has 3 N–H and O–H groups in total. The van der Waals surface area contributed by atoms with Gasteiger partial charge in [-0.3, -0.25) is 0 Å². The van der Waals surface area contributed by atoms with E-state index in [2.05, 4.69) is 20.2 Å². The monoisotopic (exact) mass is 240 g/mol. The molecule has 0 bridgehead atoms. The van der Waals surface area contributed by atoms with E-state index in [1.807, 2.05) is 0 Å². The van der Waals surface area contributed by atoms with Crippen molar-refractivity contribution in [2.75, 3.05) is 11.5 Å². The summed E-state index contributed by atoms with van der Waals surface area (Å²) in [6.07, 6.45) is 5.03. The van der Waals surface area contributed by atoms with E-state index in [1.165, 1.54) is 0 Å². The highest BCUT2D eigenvalue weighted by Gasteiger charge is 2.09. The van der Waals surface area contributed by atoms with Gasteiger partial charge in [0.15, 0.2) is 28.3 Å². The number of thioether (sulfide) groups is 2. The van der Waals surface area contributed by atoms with Gasteiger partial charge in [0.05, 0.1) is 6.20 Å². The average molecular weight is 240 g/mol. The van der Waals surface area contributed by atoms with Crippen molar-refractivity contribution in [3.63, 3.8) is 0 Å². The second-order valence-electron chi connectivity index (χ2n) is 2.69. The second kappa shape index (κ2) is 5.13. The van der Waals surface area contributed by atoms with Crippen LogP contribution < -0.4 is 10.7 Å². The summed E-state index contributed by atoms with van der Waals surface area (Å²) < 4.78 is 0.970. The van der Waals surface area contributed by atoms with Gasteiger partial charge in [-0.15, -0.1) is 10.2 Å². The lowest BCUT2D eigenvalue weighted by Crippen LogP contribution is -2.17. The molecule has 15 heavy (non-hydrogen) atoms. The minimum absolute atomic E-state index is 0.326. The molecule has 0 unspecified atom stereocenters. The van der Waals surface area contributed by atoms with E-state index in [1.54, 1.807) is 42.1 Å². The zero-order valence-electron chi connectivity index (χ0n) is 7.88. The molecule has 1 saturated heterocycles. The van der Waals surface area contributed by atoms with Crippen molar-refractivity contribution < 1.29 is 4.98 Å². The largest absolute Gasteiger partial charge is 0.380 e. The highest BCUT2D eigenvalue weighted by molar-refractivity contribution is 8.41. The number of nitrogens with one attached hydrogen (secondary N) is 1. The van der Waals surface area contributed by atoms with Gasteiger partial charge in [0.2, 0.25) is 0 Å². The number of aromatic amines is 1. The first kappa shape index (κ1) is 10.4. The summed E-state index contributed by atoms with van der Waals surface area (Å²) in [7, 11) is 0. The van der Waals surface area contributed by atoms with E-state index < -0.39 is 0 Å². The molecule has 0 radical (unpaired) electrons. The fourth-order valence-electron chi connectivity index (χ4n) is 0.968. The van der Waals surface area contributed by atoms with Gasteiger partial charge in [0.1, 0.15) is 0 Å². The van der Waals surface area contributed by atoms with Gasteiger partial charge in [0.25, 0.3) is 0 Å². The van der Waals surface area contributed by atoms with Crippen LogP contribution in [0.5, 0.6) is 0 Å². The zero-order valence-corrected chi connectivity index (χ0v) is 9.51. The van der Waals surface area contributed by atoms with E-state index in [-0.39, 0.29) is 0 Å². The van der Waals surface area contributed by atoms with Gasteiger partial charge in [0, 0.05) is 11.5 Å². The van der Waals surface area contributed by atoms with Gasteiger partial charge < -0.3 is 5.73 Å². The topological polar surface area (TPSA) is 77.8 Å². The molecule has 0 aliphatic carbocycles. The number of rotatable bonds is 2. The molecule has 0 atom stereocenters. The summed E-state index contributed by atoms with van der Waals surface area (Å²) in [5, 5.41) is 7.99. The third kappa shape index (κ3) is 2.93. The second-order valence-corrected chi connectivity index (χ2v) is 5.11. The molecule has 7 heteroatoms. The highest BCUT2D eigenvalue weighted by atomic mass is 32.2. The van der Waals surface area contributed by atoms with Crippen LogP contribution >= 0.6 is 23.5 Å². The maximum atomic E-state index is 5.72. The molecular weight excluding hydrogens is 230 g/mol.